The first-order valence-corrected chi connectivity index (χ1v) is 10.3. The molecule has 3 aromatic rings. The van der Waals surface area contributed by atoms with Crippen molar-refractivity contribution in [2.75, 3.05) is 7.11 Å². The first-order valence-electron chi connectivity index (χ1n) is 8.19. The van der Waals surface area contributed by atoms with Gasteiger partial charge in [0, 0.05) is 16.3 Å². The van der Waals surface area contributed by atoms with E-state index in [4.69, 9.17) is 9.99 Å². The van der Waals surface area contributed by atoms with Crippen molar-refractivity contribution in [3.05, 3.63) is 48.0 Å². The third-order valence-corrected chi connectivity index (χ3v) is 5.64. The van der Waals surface area contributed by atoms with E-state index in [1.54, 1.807) is 24.3 Å². The van der Waals surface area contributed by atoms with Crippen molar-refractivity contribution < 1.29 is 37.4 Å². The van der Waals surface area contributed by atoms with Gasteiger partial charge < -0.3 is 14.4 Å². The highest BCUT2D eigenvalue weighted by atomic mass is 32.2. The van der Waals surface area contributed by atoms with Crippen molar-refractivity contribution in [3.8, 4) is 11.5 Å². The van der Waals surface area contributed by atoms with Crippen LogP contribution in [-0.2, 0) is 19.5 Å². The largest absolute Gasteiger partial charge is 0.871 e. The highest BCUT2D eigenvalue weighted by Crippen LogP contribution is 2.38. The van der Waals surface area contributed by atoms with Gasteiger partial charge in [-0.25, -0.2) is 13.7 Å². The maximum absolute atomic E-state index is 12.3. The third kappa shape index (κ3) is 4.70. The molecule has 0 aliphatic rings. The van der Waals surface area contributed by atoms with Gasteiger partial charge in [-0.3, -0.25) is 0 Å². The lowest BCUT2D eigenvalue weighted by Gasteiger charge is -2.14. The molecule has 1 N–H and O–H groups in total. The van der Waals surface area contributed by atoms with Crippen LogP contribution >= 0.6 is 12.0 Å². The fourth-order valence-electron chi connectivity index (χ4n) is 2.75. The van der Waals surface area contributed by atoms with Crippen molar-refractivity contribution in [2.24, 2.45) is 10.2 Å². The van der Waals surface area contributed by atoms with E-state index in [1.807, 2.05) is 0 Å². The second-order valence-corrected chi connectivity index (χ2v) is 8.09. The minimum atomic E-state index is -4.69. The summed E-state index contributed by atoms with van der Waals surface area (Å²) < 4.78 is 43.6. The summed E-state index contributed by atoms with van der Waals surface area (Å²) in [6.45, 7) is 1.44. The second-order valence-electron chi connectivity index (χ2n) is 5.96. The number of methoxy groups -OCH3 is 1. The van der Waals surface area contributed by atoms with Crippen molar-refractivity contribution in [1.29, 1.82) is 0 Å². The monoisotopic (exact) mass is 450 g/mol. The minimum Gasteiger partial charge on any atom is -0.871 e. The molecule has 0 saturated carbocycles. The summed E-state index contributed by atoms with van der Waals surface area (Å²) in [7, 11) is -3.39. The number of aryl methyl sites for hydroxylation is 1. The van der Waals surface area contributed by atoms with Gasteiger partial charge in [-0.2, -0.15) is 5.11 Å². The standard InChI is InChI=1S/C18H16N2O8S2/c1-10-7-14(16(26-2)9-17(10)30(23,24)25)19-20-18-13-5-4-12(29-28-27-22)8-11(13)3-6-15(18)21/h3-9,21-22H,1-2H3,(H,23,24,25)/p-2. The molecule has 0 atom stereocenters. The fourth-order valence-corrected chi connectivity index (χ4v) is 3.86. The number of hydrogen-bond acceptors (Lipinski definition) is 11. The van der Waals surface area contributed by atoms with Crippen LogP contribution < -0.4 is 9.84 Å². The Morgan fingerprint density at radius 3 is 2.53 bits per heavy atom. The van der Waals surface area contributed by atoms with Crippen molar-refractivity contribution >= 4 is 44.3 Å². The zero-order valence-electron chi connectivity index (χ0n) is 15.6. The second kappa shape index (κ2) is 8.95. The van der Waals surface area contributed by atoms with E-state index >= 15 is 0 Å². The minimum absolute atomic E-state index is 0.0197. The van der Waals surface area contributed by atoms with Crippen LogP contribution in [0.15, 0.2) is 62.5 Å². The van der Waals surface area contributed by atoms with Gasteiger partial charge in [0.25, 0.3) is 0 Å². The highest BCUT2D eigenvalue weighted by molar-refractivity contribution is 7.94. The van der Waals surface area contributed by atoms with Crippen LogP contribution in [-0.4, -0.2) is 25.3 Å². The molecule has 0 aliphatic heterocycles. The summed E-state index contributed by atoms with van der Waals surface area (Å²) in [4.78, 5) is 0.178. The molecule has 12 heteroatoms. The molecule has 3 rings (SSSR count). The number of hydrogen-bond donors (Lipinski definition) is 1. The zero-order valence-corrected chi connectivity index (χ0v) is 17.2. The number of azo groups is 1. The molecule has 0 amide bonds. The van der Waals surface area contributed by atoms with Crippen molar-refractivity contribution in [1.82, 2.24) is 0 Å². The molecule has 0 aromatic heterocycles. The number of ether oxygens (including phenoxy) is 1. The summed E-state index contributed by atoms with van der Waals surface area (Å²) in [6, 6.07) is 10.3. The van der Waals surface area contributed by atoms with Crippen LogP contribution in [0.5, 0.6) is 11.5 Å². The van der Waals surface area contributed by atoms with Gasteiger partial charge in [-0.05, 0) is 36.1 Å². The number of nitrogens with zero attached hydrogens (tertiary/aromatic N) is 2. The SMILES string of the molecule is COc1cc(S(=O)(=O)[O-])c(C)cc1N=Nc1c([O-])ccc2cc(SOOO)ccc12. The molecule has 0 aliphatic carbocycles. The molecule has 0 heterocycles. The lowest BCUT2D eigenvalue weighted by Crippen LogP contribution is -2.02. The third-order valence-electron chi connectivity index (χ3n) is 4.09. The van der Waals surface area contributed by atoms with Crippen LogP contribution in [0, 0.1) is 6.92 Å². The first kappa shape index (κ1) is 22.0. The van der Waals surface area contributed by atoms with Gasteiger partial charge in [-0.1, -0.05) is 29.0 Å². The molecule has 0 unspecified atom stereocenters. The molecular weight excluding hydrogens is 436 g/mol. The molecule has 10 nitrogen and oxygen atoms in total. The van der Waals surface area contributed by atoms with E-state index < -0.39 is 15.0 Å². The Hall–Kier alpha value is -2.74. The van der Waals surface area contributed by atoms with Crippen LogP contribution in [0.25, 0.3) is 10.8 Å². The van der Waals surface area contributed by atoms with Gasteiger partial charge in [0.15, 0.2) is 0 Å². The predicted molar refractivity (Wildman–Crippen MR) is 104 cm³/mol. The Balaban J connectivity index is 2.05. The lowest BCUT2D eigenvalue weighted by molar-refractivity contribution is -0.432. The Morgan fingerprint density at radius 1 is 1.10 bits per heavy atom. The Bertz CT molecular complexity index is 1230. The summed E-state index contributed by atoms with van der Waals surface area (Å²) >= 11 is 0.770. The number of rotatable bonds is 7. The van der Waals surface area contributed by atoms with Gasteiger partial charge in [0.2, 0.25) is 0 Å². The van der Waals surface area contributed by atoms with Crippen LogP contribution in [0.2, 0.25) is 0 Å². The Labute approximate surface area is 175 Å². The molecular formula is C18H14N2O8S2-2. The highest BCUT2D eigenvalue weighted by Gasteiger charge is 2.13. The lowest BCUT2D eigenvalue weighted by atomic mass is 10.1. The predicted octanol–water partition coefficient (Wildman–Crippen LogP) is 3.98. The average molecular weight is 450 g/mol. The van der Waals surface area contributed by atoms with E-state index in [1.165, 1.54) is 26.2 Å². The summed E-state index contributed by atoms with van der Waals surface area (Å²) in [5.41, 5.74) is 0.385. The number of benzene rings is 3. The summed E-state index contributed by atoms with van der Waals surface area (Å²) in [5, 5.41) is 33.4. The van der Waals surface area contributed by atoms with E-state index in [2.05, 4.69) is 19.6 Å². The normalized spacial score (nSPS) is 12.0. The maximum Gasteiger partial charge on any atom is 0.147 e. The van der Waals surface area contributed by atoms with Crippen molar-refractivity contribution in [3.63, 3.8) is 0 Å². The molecule has 3 aromatic carbocycles. The molecule has 0 bridgehead atoms. The van der Waals surface area contributed by atoms with E-state index in [-0.39, 0.29) is 28.4 Å². The smallest absolute Gasteiger partial charge is 0.147 e. The molecule has 158 valence electrons. The molecule has 0 radical (unpaired) electrons. The molecule has 0 fully saturated rings. The van der Waals surface area contributed by atoms with Gasteiger partial charge in [-0.15, -0.1) is 9.45 Å². The Kier molecular flexibility index (Phi) is 6.55. The van der Waals surface area contributed by atoms with Gasteiger partial charge >= 0.3 is 0 Å². The van der Waals surface area contributed by atoms with E-state index in [9.17, 15) is 18.1 Å². The summed E-state index contributed by atoms with van der Waals surface area (Å²) in [5.74, 6) is -0.359. The fraction of sp³-hybridized carbons (Fsp3) is 0.111. The van der Waals surface area contributed by atoms with Gasteiger partial charge in [0.05, 0.1) is 29.7 Å². The van der Waals surface area contributed by atoms with Crippen molar-refractivity contribution in [2.45, 2.75) is 16.7 Å². The Morgan fingerprint density at radius 2 is 1.87 bits per heavy atom. The maximum atomic E-state index is 12.3. The first-order chi connectivity index (χ1) is 14.2. The molecule has 0 spiro atoms. The number of fused-ring (bicyclic) bond motifs is 1. The van der Waals surface area contributed by atoms with Crippen LogP contribution in [0.1, 0.15) is 5.56 Å². The molecule has 0 saturated heterocycles. The molecule has 30 heavy (non-hydrogen) atoms. The van der Waals surface area contributed by atoms with Gasteiger partial charge in [0.1, 0.15) is 21.6 Å². The van der Waals surface area contributed by atoms with Crippen LogP contribution in [0.4, 0.5) is 11.4 Å². The zero-order chi connectivity index (χ0) is 21.9. The van der Waals surface area contributed by atoms with E-state index in [0.29, 0.717) is 15.7 Å². The average Bonchev–Trinajstić information content (AvgIpc) is 2.70. The topological polar surface area (TPSA) is 153 Å². The van der Waals surface area contributed by atoms with E-state index in [0.717, 1.165) is 18.1 Å². The summed E-state index contributed by atoms with van der Waals surface area (Å²) in [6.07, 6.45) is 0. The quantitative estimate of drug-likeness (QED) is 0.185. The van der Waals surface area contributed by atoms with Crippen LogP contribution in [0.3, 0.4) is 0 Å².